The van der Waals surface area contributed by atoms with Gasteiger partial charge in [0, 0.05) is 12.3 Å². The SMILES string of the molecule is COC(=O)c1c(N)c(C#N)cn1-c1ccc([N+](=O)[O-])c(Cl)c1C. The zero-order valence-electron chi connectivity index (χ0n) is 12.2. The zero-order chi connectivity index (χ0) is 17.3. The van der Waals surface area contributed by atoms with Crippen molar-refractivity contribution in [3.8, 4) is 11.8 Å². The second-order valence-electron chi connectivity index (χ2n) is 4.58. The van der Waals surface area contributed by atoms with Gasteiger partial charge in [-0.25, -0.2) is 4.79 Å². The highest BCUT2D eigenvalue weighted by molar-refractivity contribution is 6.33. The standard InChI is InChI=1S/C14H11ClN4O4/c1-7-9(3-4-10(11(7)15)19(21)22)18-6-8(5-16)12(17)13(18)14(20)23-2/h3-4,6H,17H2,1-2H3. The fraction of sp³-hybridized carbons (Fsp3) is 0.143. The van der Waals surface area contributed by atoms with Crippen LogP contribution in [-0.2, 0) is 4.74 Å². The minimum atomic E-state index is -0.738. The van der Waals surface area contributed by atoms with Gasteiger partial charge in [0.05, 0.1) is 29.0 Å². The van der Waals surface area contributed by atoms with Crippen molar-refractivity contribution in [1.29, 1.82) is 5.26 Å². The average Bonchev–Trinajstić information content (AvgIpc) is 2.85. The summed E-state index contributed by atoms with van der Waals surface area (Å²) in [6.45, 7) is 1.56. The summed E-state index contributed by atoms with van der Waals surface area (Å²) in [6.07, 6.45) is 1.35. The molecule has 118 valence electrons. The van der Waals surface area contributed by atoms with Crippen LogP contribution in [0.4, 0.5) is 11.4 Å². The van der Waals surface area contributed by atoms with Crippen molar-refractivity contribution in [3.05, 3.63) is 50.3 Å². The number of esters is 1. The summed E-state index contributed by atoms with van der Waals surface area (Å²) in [7, 11) is 1.18. The molecule has 8 nitrogen and oxygen atoms in total. The van der Waals surface area contributed by atoms with Crippen molar-refractivity contribution >= 4 is 28.9 Å². The number of nitro benzene ring substituents is 1. The first-order chi connectivity index (χ1) is 10.8. The van der Waals surface area contributed by atoms with Crippen molar-refractivity contribution < 1.29 is 14.5 Å². The van der Waals surface area contributed by atoms with Crippen LogP contribution in [0.1, 0.15) is 21.6 Å². The predicted molar refractivity (Wildman–Crippen MR) is 82.6 cm³/mol. The monoisotopic (exact) mass is 334 g/mol. The normalized spacial score (nSPS) is 10.2. The smallest absolute Gasteiger partial charge is 0.357 e. The number of ether oxygens (including phenoxy) is 1. The van der Waals surface area contributed by atoms with Gasteiger partial charge >= 0.3 is 5.97 Å². The largest absolute Gasteiger partial charge is 0.464 e. The van der Waals surface area contributed by atoms with Crippen molar-refractivity contribution in [2.24, 2.45) is 0 Å². The van der Waals surface area contributed by atoms with Gasteiger partial charge < -0.3 is 15.0 Å². The number of halogens is 1. The molecule has 0 fully saturated rings. The summed E-state index contributed by atoms with van der Waals surface area (Å²) >= 11 is 6.02. The van der Waals surface area contributed by atoms with E-state index in [2.05, 4.69) is 4.74 Å². The molecule has 1 heterocycles. The van der Waals surface area contributed by atoms with Crippen LogP contribution in [0.2, 0.25) is 5.02 Å². The summed E-state index contributed by atoms with van der Waals surface area (Å²) in [4.78, 5) is 22.3. The van der Waals surface area contributed by atoms with E-state index in [9.17, 15) is 14.9 Å². The summed E-state index contributed by atoms with van der Waals surface area (Å²) in [6, 6.07) is 4.51. The third-order valence-electron chi connectivity index (χ3n) is 3.34. The molecular formula is C14H11ClN4O4. The van der Waals surface area contributed by atoms with Gasteiger partial charge in [-0.1, -0.05) is 11.6 Å². The number of carbonyl (C=O) groups is 1. The number of nitriles is 1. The highest BCUT2D eigenvalue weighted by Crippen LogP contribution is 2.34. The number of aromatic nitrogens is 1. The van der Waals surface area contributed by atoms with Crippen LogP contribution in [0.25, 0.3) is 5.69 Å². The summed E-state index contributed by atoms with van der Waals surface area (Å²) in [5, 5.41) is 20.0. The molecule has 0 bridgehead atoms. The molecule has 0 amide bonds. The lowest BCUT2D eigenvalue weighted by Crippen LogP contribution is -2.12. The Kier molecular flexibility index (Phi) is 4.24. The molecule has 9 heteroatoms. The maximum Gasteiger partial charge on any atom is 0.357 e. The summed E-state index contributed by atoms with van der Waals surface area (Å²) in [5.74, 6) is -0.738. The molecule has 0 spiro atoms. The van der Waals surface area contributed by atoms with E-state index >= 15 is 0 Å². The molecule has 2 rings (SSSR count). The predicted octanol–water partition coefficient (Wildman–Crippen LogP) is 2.59. The molecule has 23 heavy (non-hydrogen) atoms. The third-order valence-corrected chi connectivity index (χ3v) is 3.81. The number of carbonyl (C=O) groups excluding carboxylic acids is 1. The minimum absolute atomic E-state index is 0.0341. The van der Waals surface area contributed by atoms with Gasteiger partial charge in [-0.15, -0.1) is 0 Å². The molecule has 0 radical (unpaired) electrons. The van der Waals surface area contributed by atoms with E-state index in [0.29, 0.717) is 11.3 Å². The van der Waals surface area contributed by atoms with Gasteiger partial charge in [0.25, 0.3) is 5.69 Å². The Balaban J connectivity index is 2.78. The molecule has 0 saturated heterocycles. The highest BCUT2D eigenvalue weighted by atomic mass is 35.5. The zero-order valence-corrected chi connectivity index (χ0v) is 12.9. The van der Waals surface area contributed by atoms with Crippen molar-refractivity contribution in [2.45, 2.75) is 6.92 Å². The first-order valence-electron chi connectivity index (χ1n) is 6.26. The van der Waals surface area contributed by atoms with Gasteiger partial charge in [-0.3, -0.25) is 10.1 Å². The number of benzene rings is 1. The van der Waals surface area contributed by atoms with Gasteiger partial charge in [-0.2, -0.15) is 5.26 Å². The van der Waals surface area contributed by atoms with E-state index in [1.54, 1.807) is 6.92 Å². The minimum Gasteiger partial charge on any atom is -0.464 e. The van der Waals surface area contributed by atoms with Crippen LogP contribution in [0, 0.1) is 28.4 Å². The Morgan fingerprint density at radius 3 is 2.70 bits per heavy atom. The molecule has 0 atom stereocenters. The molecule has 2 N–H and O–H groups in total. The van der Waals surface area contributed by atoms with Crippen LogP contribution < -0.4 is 5.73 Å². The Labute approximate surface area is 135 Å². The molecule has 0 aliphatic rings. The third kappa shape index (κ3) is 2.58. The van der Waals surface area contributed by atoms with Crippen molar-refractivity contribution in [2.75, 3.05) is 12.8 Å². The summed E-state index contributed by atoms with van der Waals surface area (Å²) < 4.78 is 6.02. The number of anilines is 1. The van der Waals surface area contributed by atoms with E-state index in [1.165, 1.54) is 30.0 Å². The fourth-order valence-corrected chi connectivity index (χ4v) is 2.40. The topological polar surface area (TPSA) is 124 Å². The Bertz CT molecular complexity index is 867. The fourth-order valence-electron chi connectivity index (χ4n) is 2.17. The van der Waals surface area contributed by atoms with E-state index in [-0.39, 0.29) is 27.7 Å². The van der Waals surface area contributed by atoms with Crippen LogP contribution in [0.15, 0.2) is 18.3 Å². The molecule has 2 aromatic rings. The number of nitrogens with zero attached hydrogens (tertiary/aromatic N) is 3. The molecule has 1 aromatic heterocycles. The first-order valence-corrected chi connectivity index (χ1v) is 6.64. The lowest BCUT2D eigenvalue weighted by Gasteiger charge is -2.12. The number of hydrogen-bond donors (Lipinski definition) is 1. The number of rotatable bonds is 3. The van der Waals surface area contributed by atoms with Gasteiger partial charge in [0.2, 0.25) is 0 Å². The van der Waals surface area contributed by atoms with Gasteiger partial charge in [-0.05, 0) is 18.6 Å². The maximum atomic E-state index is 12.0. The molecule has 0 unspecified atom stereocenters. The Morgan fingerprint density at radius 1 is 1.52 bits per heavy atom. The van der Waals surface area contributed by atoms with Gasteiger partial charge in [0.1, 0.15) is 11.1 Å². The van der Waals surface area contributed by atoms with E-state index in [0.717, 1.165) is 0 Å². The number of hydrogen-bond acceptors (Lipinski definition) is 6. The number of nitro groups is 1. The lowest BCUT2D eigenvalue weighted by molar-refractivity contribution is -0.384. The molecular weight excluding hydrogens is 324 g/mol. The molecule has 0 aliphatic carbocycles. The number of methoxy groups -OCH3 is 1. The Morgan fingerprint density at radius 2 is 2.17 bits per heavy atom. The molecule has 1 aromatic carbocycles. The maximum absolute atomic E-state index is 12.0. The van der Waals surface area contributed by atoms with Crippen LogP contribution in [-0.4, -0.2) is 22.6 Å². The van der Waals surface area contributed by atoms with E-state index in [1.807, 2.05) is 6.07 Å². The van der Waals surface area contributed by atoms with E-state index in [4.69, 9.17) is 22.6 Å². The second-order valence-corrected chi connectivity index (χ2v) is 4.96. The quantitative estimate of drug-likeness (QED) is 0.522. The molecule has 0 saturated carbocycles. The molecule has 0 aliphatic heterocycles. The second kappa shape index (κ2) is 5.98. The number of nitrogen functional groups attached to an aromatic ring is 1. The van der Waals surface area contributed by atoms with Crippen molar-refractivity contribution in [3.63, 3.8) is 0 Å². The van der Waals surface area contributed by atoms with Gasteiger partial charge in [0.15, 0.2) is 5.69 Å². The first kappa shape index (κ1) is 16.3. The Hall–Kier alpha value is -3.05. The lowest BCUT2D eigenvalue weighted by atomic mass is 10.1. The highest BCUT2D eigenvalue weighted by Gasteiger charge is 2.24. The van der Waals surface area contributed by atoms with Crippen LogP contribution in [0.5, 0.6) is 0 Å². The van der Waals surface area contributed by atoms with Crippen LogP contribution >= 0.6 is 11.6 Å². The number of nitrogens with two attached hydrogens (primary N) is 1. The average molecular weight is 335 g/mol. The van der Waals surface area contributed by atoms with Crippen molar-refractivity contribution in [1.82, 2.24) is 4.57 Å². The van der Waals surface area contributed by atoms with E-state index < -0.39 is 10.9 Å². The van der Waals surface area contributed by atoms with Crippen LogP contribution in [0.3, 0.4) is 0 Å². The summed E-state index contributed by atoms with van der Waals surface area (Å²) in [5.41, 5.74) is 6.31.